The van der Waals surface area contributed by atoms with Crippen molar-refractivity contribution < 1.29 is 9.59 Å². The number of hydrogen-bond donors (Lipinski definition) is 2. The molecular formula is C13H15N3O2. The number of nitrogens with zero attached hydrogens (tertiary/aromatic N) is 1. The van der Waals surface area contributed by atoms with Crippen molar-refractivity contribution in [1.29, 1.82) is 0 Å². The van der Waals surface area contributed by atoms with Crippen molar-refractivity contribution >= 4 is 11.8 Å². The van der Waals surface area contributed by atoms with Gasteiger partial charge in [-0.15, -0.1) is 0 Å². The number of likely N-dealkylation sites (N-methyl/N-ethyl adjacent to an activating group) is 1. The molecule has 0 bridgehead atoms. The summed E-state index contributed by atoms with van der Waals surface area (Å²) in [7, 11) is 1.52. The lowest BCUT2D eigenvalue weighted by Gasteiger charge is -2.14. The third kappa shape index (κ3) is 3.92. The summed E-state index contributed by atoms with van der Waals surface area (Å²) in [4.78, 5) is 23.9. The summed E-state index contributed by atoms with van der Waals surface area (Å²) >= 11 is 0. The van der Waals surface area contributed by atoms with Gasteiger partial charge in [-0.05, 0) is 24.3 Å². The van der Waals surface area contributed by atoms with Crippen molar-refractivity contribution in [2.45, 2.75) is 0 Å². The molecule has 94 valence electrons. The molecule has 1 aromatic rings. The van der Waals surface area contributed by atoms with E-state index in [2.05, 4.69) is 11.8 Å². The predicted octanol–water partition coefficient (Wildman–Crippen LogP) is -0.446. The molecular weight excluding hydrogens is 230 g/mol. The Bertz CT molecular complexity index is 497. The number of hydrogen-bond acceptors (Lipinski definition) is 3. The first-order valence-electron chi connectivity index (χ1n) is 5.37. The van der Waals surface area contributed by atoms with Crippen LogP contribution in [0.25, 0.3) is 0 Å². The molecule has 0 fully saturated rings. The van der Waals surface area contributed by atoms with E-state index in [1.165, 1.54) is 11.9 Å². The van der Waals surface area contributed by atoms with Gasteiger partial charge in [0.15, 0.2) is 0 Å². The topological polar surface area (TPSA) is 89.4 Å². The van der Waals surface area contributed by atoms with Gasteiger partial charge in [0, 0.05) is 18.2 Å². The number of rotatable bonds is 3. The summed E-state index contributed by atoms with van der Waals surface area (Å²) < 4.78 is 0. The van der Waals surface area contributed by atoms with Gasteiger partial charge in [-0.1, -0.05) is 11.8 Å². The maximum Gasteiger partial charge on any atom is 0.254 e. The Morgan fingerprint density at radius 2 is 1.89 bits per heavy atom. The molecule has 0 heterocycles. The molecule has 0 unspecified atom stereocenters. The van der Waals surface area contributed by atoms with E-state index in [0.717, 1.165) is 5.56 Å². The lowest BCUT2D eigenvalue weighted by atomic mass is 10.1. The third-order valence-electron chi connectivity index (χ3n) is 2.21. The molecule has 0 atom stereocenters. The molecule has 2 amide bonds. The summed E-state index contributed by atoms with van der Waals surface area (Å²) in [5, 5.41) is 0. The van der Waals surface area contributed by atoms with Crippen LogP contribution >= 0.6 is 0 Å². The summed E-state index contributed by atoms with van der Waals surface area (Å²) in [5.41, 5.74) is 11.6. The Balaban J connectivity index is 2.78. The van der Waals surface area contributed by atoms with Crippen molar-refractivity contribution in [1.82, 2.24) is 4.90 Å². The molecule has 4 N–H and O–H groups in total. The van der Waals surface area contributed by atoms with E-state index in [0.29, 0.717) is 12.1 Å². The number of benzene rings is 1. The molecule has 18 heavy (non-hydrogen) atoms. The molecule has 0 aromatic heterocycles. The number of nitrogens with two attached hydrogens (primary N) is 2. The van der Waals surface area contributed by atoms with Gasteiger partial charge in [0.05, 0.1) is 13.1 Å². The minimum atomic E-state index is -0.545. The SMILES string of the molecule is CN(CC(N)=O)C(=O)c1ccc(C#CCN)cc1. The zero-order valence-corrected chi connectivity index (χ0v) is 10.1. The predicted molar refractivity (Wildman–Crippen MR) is 68.5 cm³/mol. The Kier molecular flexibility index (Phi) is 4.90. The van der Waals surface area contributed by atoms with Crippen LogP contribution in [0.5, 0.6) is 0 Å². The maximum atomic E-state index is 11.9. The van der Waals surface area contributed by atoms with Crippen LogP contribution in [0.15, 0.2) is 24.3 Å². The van der Waals surface area contributed by atoms with E-state index < -0.39 is 5.91 Å². The van der Waals surface area contributed by atoms with Crippen LogP contribution in [0.4, 0.5) is 0 Å². The van der Waals surface area contributed by atoms with Crippen molar-refractivity contribution in [3.8, 4) is 11.8 Å². The molecule has 0 aliphatic rings. The fourth-order valence-electron chi connectivity index (χ4n) is 1.38. The highest BCUT2D eigenvalue weighted by molar-refractivity contribution is 5.96. The monoisotopic (exact) mass is 245 g/mol. The molecule has 1 aromatic carbocycles. The largest absolute Gasteiger partial charge is 0.368 e. The quantitative estimate of drug-likeness (QED) is 0.707. The fourth-order valence-corrected chi connectivity index (χ4v) is 1.38. The van der Waals surface area contributed by atoms with Gasteiger partial charge in [-0.3, -0.25) is 9.59 Å². The molecule has 5 nitrogen and oxygen atoms in total. The first-order valence-corrected chi connectivity index (χ1v) is 5.37. The Morgan fingerprint density at radius 1 is 1.28 bits per heavy atom. The molecule has 0 spiro atoms. The number of amides is 2. The lowest BCUT2D eigenvalue weighted by molar-refractivity contribution is -0.118. The third-order valence-corrected chi connectivity index (χ3v) is 2.21. The second-order valence-electron chi connectivity index (χ2n) is 3.71. The van der Waals surface area contributed by atoms with Crippen molar-refractivity contribution in [3.05, 3.63) is 35.4 Å². The van der Waals surface area contributed by atoms with E-state index >= 15 is 0 Å². The van der Waals surface area contributed by atoms with E-state index in [1.54, 1.807) is 24.3 Å². The van der Waals surface area contributed by atoms with E-state index in [4.69, 9.17) is 11.5 Å². The van der Waals surface area contributed by atoms with Crippen molar-refractivity contribution in [2.75, 3.05) is 20.1 Å². The van der Waals surface area contributed by atoms with Crippen LogP contribution < -0.4 is 11.5 Å². The lowest BCUT2D eigenvalue weighted by Crippen LogP contribution is -2.35. The Labute approximate surface area is 106 Å². The standard InChI is InChI=1S/C13H15N3O2/c1-16(9-12(15)17)13(18)11-6-4-10(5-7-11)3-2-8-14/h4-7H,8-9,14H2,1H3,(H2,15,17). The van der Waals surface area contributed by atoms with Gasteiger partial charge in [0.25, 0.3) is 5.91 Å². The highest BCUT2D eigenvalue weighted by Crippen LogP contribution is 2.06. The van der Waals surface area contributed by atoms with Crippen molar-refractivity contribution in [2.24, 2.45) is 11.5 Å². The van der Waals surface area contributed by atoms with Crippen LogP contribution in [0.3, 0.4) is 0 Å². The summed E-state index contributed by atoms with van der Waals surface area (Å²) in [6, 6.07) is 6.77. The maximum absolute atomic E-state index is 11.9. The normalized spacial score (nSPS) is 9.22. The van der Waals surface area contributed by atoms with Crippen LogP contribution in [-0.2, 0) is 4.79 Å². The summed E-state index contributed by atoms with van der Waals surface area (Å²) in [6.45, 7) is 0.190. The second-order valence-corrected chi connectivity index (χ2v) is 3.71. The average Bonchev–Trinajstić information content (AvgIpc) is 2.35. The number of carbonyl (C=O) groups excluding carboxylic acids is 2. The smallest absolute Gasteiger partial charge is 0.254 e. The first kappa shape index (κ1) is 13.7. The van der Waals surface area contributed by atoms with Crippen LogP contribution in [0.1, 0.15) is 15.9 Å². The van der Waals surface area contributed by atoms with Gasteiger partial charge in [-0.2, -0.15) is 0 Å². The zero-order valence-electron chi connectivity index (χ0n) is 10.1. The van der Waals surface area contributed by atoms with Gasteiger partial charge in [-0.25, -0.2) is 0 Å². The molecule has 0 saturated carbocycles. The molecule has 5 heteroatoms. The first-order chi connectivity index (χ1) is 8.54. The molecule has 0 saturated heterocycles. The van der Waals surface area contributed by atoms with Crippen molar-refractivity contribution in [3.63, 3.8) is 0 Å². The van der Waals surface area contributed by atoms with E-state index in [-0.39, 0.29) is 12.5 Å². The van der Waals surface area contributed by atoms with Crippen LogP contribution in [-0.4, -0.2) is 36.9 Å². The Hall–Kier alpha value is -2.32. The second kappa shape index (κ2) is 6.42. The van der Waals surface area contributed by atoms with Crippen LogP contribution in [0, 0.1) is 11.8 Å². The highest BCUT2D eigenvalue weighted by Gasteiger charge is 2.12. The van der Waals surface area contributed by atoms with Gasteiger partial charge in [0.1, 0.15) is 0 Å². The van der Waals surface area contributed by atoms with Gasteiger partial charge in [0.2, 0.25) is 5.91 Å². The van der Waals surface area contributed by atoms with Gasteiger partial charge >= 0.3 is 0 Å². The molecule has 0 aliphatic carbocycles. The van der Waals surface area contributed by atoms with E-state index in [9.17, 15) is 9.59 Å². The molecule has 0 aliphatic heterocycles. The molecule has 0 radical (unpaired) electrons. The van der Waals surface area contributed by atoms with E-state index in [1.807, 2.05) is 0 Å². The highest BCUT2D eigenvalue weighted by atomic mass is 16.2. The summed E-state index contributed by atoms with van der Waals surface area (Å²) in [6.07, 6.45) is 0. The zero-order chi connectivity index (χ0) is 13.5. The number of carbonyl (C=O) groups is 2. The summed E-state index contributed by atoms with van der Waals surface area (Å²) in [5.74, 6) is 4.78. The van der Waals surface area contributed by atoms with Gasteiger partial charge < -0.3 is 16.4 Å². The minimum Gasteiger partial charge on any atom is -0.368 e. The molecule has 1 rings (SSSR count). The average molecular weight is 245 g/mol. The Morgan fingerprint density at radius 3 is 2.39 bits per heavy atom. The number of primary amides is 1. The fraction of sp³-hybridized carbons (Fsp3) is 0.231. The minimum absolute atomic E-state index is 0.104. The van der Waals surface area contributed by atoms with Crippen LogP contribution in [0.2, 0.25) is 0 Å².